The average Bonchev–Trinajstić information content (AvgIpc) is 2.09. The van der Waals surface area contributed by atoms with Crippen LogP contribution in [0, 0.1) is 6.92 Å². The van der Waals surface area contributed by atoms with E-state index >= 15 is 0 Å². The molecular formula is C10H15NO. The molecule has 1 aromatic carbocycles. The van der Waals surface area contributed by atoms with E-state index in [-0.39, 0.29) is 6.10 Å². The lowest BCUT2D eigenvalue weighted by Gasteiger charge is -2.11. The van der Waals surface area contributed by atoms with Gasteiger partial charge in [0.2, 0.25) is 0 Å². The monoisotopic (exact) mass is 165 g/mol. The quantitative estimate of drug-likeness (QED) is 0.740. The molecule has 0 aliphatic heterocycles. The molecule has 0 aliphatic rings. The molecule has 66 valence electrons. The highest BCUT2D eigenvalue weighted by Crippen LogP contribution is 2.12. The summed E-state index contributed by atoms with van der Waals surface area (Å²) < 4.78 is 5.49. The fourth-order valence-electron chi connectivity index (χ4n) is 0.897. The molecule has 2 nitrogen and oxygen atoms in total. The van der Waals surface area contributed by atoms with Gasteiger partial charge in [-0.05, 0) is 26.0 Å². The Labute approximate surface area is 73.3 Å². The second kappa shape index (κ2) is 4.12. The van der Waals surface area contributed by atoms with Crippen LogP contribution in [0.5, 0.6) is 5.75 Å². The highest BCUT2D eigenvalue weighted by Gasteiger charge is 1.99. The minimum absolute atomic E-state index is 0.0905. The molecule has 0 amide bonds. The zero-order valence-corrected chi connectivity index (χ0v) is 7.58. The molecule has 0 heterocycles. The number of rotatable bonds is 3. The molecule has 1 atom stereocenters. The van der Waals surface area contributed by atoms with Gasteiger partial charge >= 0.3 is 0 Å². The van der Waals surface area contributed by atoms with E-state index in [0.717, 1.165) is 5.75 Å². The first-order valence-electron chi connectivity index (χ1n) is 4.16. The summed E-state index contributed by atoms with van der Waals surface area (Å²) >= 11 is 0. The largest absolute Gasteiger partial charge is 0.489 e. The summed E-state index contributed by atoms with van der Waals surface area (Å²) in [6.45, 7) is 4.56. The number of ether oxygens (including phenoxy) is 1. The molecule has 2 N–H and O–H groups in total. The van der Waals surface area contributed by atoms with E-state index in [4.69, 9.17) is 10.5 Å². The van der Waals surface area contributed by atoms with Crippen molar-refractivity contribution in [2.45, 2.75) is 20.0 Å². The summed E-state index contributed by atoms with van der Waals surface area (Å²) in [5.74, 6) is 0.888. The molecule has 0 aliphatic carbocycles. The van der Waals surface area contributed by atoms with E-state index in [1.54, 1.807) is 0 Å². The number of benzene rings is 1. The first kappa shape index (κ1) is 9.07. The molecule has 0 saturated heterocycles. The van der Waals surface area contributed by atoms with E-state index in [0.29, 0.717) is 6.54 Å². The molecule has 0 spiro atoms. The fraction of sp³-hybridized carbons (Fsp3) is 0.400. The third kappa shape index (κ3) is 2.55. The molecule has 0 aromatic heterocycles. The third-order valence-electron chi connectivity index (χ3n) is 1.69. The Morgan fingerprint density at radius 2 is 1.92 bits per heavy atom. The number of aryl methyl sites for hydroxylation is 1. The van der Waals surface area contributed by atoms with Gasteiger partial charge in [-0.25, -0.2) is 0 Å². The third-order valence-corrected chi connectivity index (χ3v) is 1.69. The number of nitrogens with two attached hydrogens (primary N) is 1. The van der Waals surface area contributed by atoms with Gasteiger partial charge in [0.15, 0.2) is 0 Å². The van der Waals surface area contributed by atoms with Crippen molar-refractivity contribution in [3.63, 3.8) is 0 Å². The second-order valence-electron chi connectivity index (χ2n) is 2.98. The van der Waals surface area contributed by atoms with Gasteiger partial charge in [-0.15, -0.1) is 0 Å². The van der Waals surface area contributed by atoms with Crippen LogP contribution in [0.3, 0.4) is 0 Å². The molecule has 2 heteroatoms. The Bertz CT molecular complexity index is 230. The average molecular weight is 165 g/mol. The molecule has 1 aromatic rings. The SMILES string of the molecule is Cc1ccc(O[C@@H](C)CN)cc1. The van der Waals surface area contributed by atoms with Crippen molar-refractivity contribution in [3.05, 3.63) is 29.8 Å². The molecule has 12 heavy (non-hydrogen) atoms. The van der Waals surface area contributed by atoms with Crippen molar-refractivity contribution in [1.82, 2.24) is 0 Å². The smallest absolute Gasteiger partial charge is 0.119 e. The topological polar surface area (TPSA) is 35.2 Å². The van der Waals surface area contributed by atoms with Gasteiger partial charge in [0.1, 0.15) is 11.9 Å². The van der Waals surface area contributed by atoms with Crippen LogP contribution in [0.25, 0.3) is 0 Å². The van der Waals surface area contributed by atoms with Crippen LogP contribution in [-0.4, -0.2) is 12.6 Å². The Balaban J connectivity index is 2.58. The second-order valence-corrected chi connectivity index (χ2v) is 2.98. The van der Waals surface area contributed by atoms with E-state index in [1.165, 1.54) is 5.56 Å². The van der Waals surface area contributed by atoms with Crippen molar-refractivity contribution >= 4 is 0 Å². The summed E-state index contributed by atoms with van der Waals surface area (Å²) in [6, 6.07) is 7.97. The van der Waals surface area contributed by atoms with Crippen molar-refractivity contribution in [3.8, 4) is 5.75 Å². The normalized spacial score (nSPS) is 12.6. The van der Waals surface area contributed by atoms with Gasteiger partial charge in [-0.1, -0.05) is 17.7 Å². The fourth-order valence-corrected chi connectivity index (χ4v) is 0.897. The van der Waals surface area contributed by atoms with Crippen molar-refractivity contribution in [2.75, 3.05) is 6.54 Å². The highest BCUT2D eigenvalue weighted by atomic mass is 16.5. The highest BCUT2D eigenvalue weighted by molar-refractivity contribution is 5.26. The maximum Gasteiger partial charge on any atom is 0.119 e. The van der Waals surface area contributed by atoms with E-state index in [1.807, 2.05) is 31.2 Å². The van der Waals surface area contributed by atoms with Crippen LogP contribution >= 0.6 is 0 Å². The van der Waals surface area contributed by atoms with E-state index < -0.39 is 0 Å². The van der Waals surface area contributed by atoms with Crippen LogP contribution in [0.1, 0.15) is 12.5 Å². The van der Waals surface area contributed by atoms with Crippen LogP contribution in [-0.2, 0) is 0 Å². The lowest BCUT2D eigenvalue weighted by molar-refractivity contribution is 0.230. The van der Waals surface area contributed by atoms with E-state index in [2.05, 4.69) is 6.92 Å². The van der Waals surface area contributed by atoms with Crippen molar-refractivity contribution < 1.29 is 4.74 Å². The predicted octanol–water partition coefficient (Wildman–Crippen LogP) is 1.72. The van der Waals surface area contributed by atoms with Crippen LogP contribution in [0.15, 0.2) is 24.3 Å². The van der Waals surface area contributed by atoms with Gasteiger partial charge in [0.25, 0.3) is 0 Å². The van der Waals surface area contributed by atoms with Crippen molar-refractivity contribution in [1.29, 1.82) is 0 Å². The Morgan fingerprint density at radius 1 is 1.33 bits per heavy atom. The summed E-state index contributed by atoms with van der Waals surface area (Å²) in [4.78, 5) is 0. The summed E-state index contributed by atoms with van der Waals surface area (Å²) in [5.41, 5.74) is 6.66. The zero-order chi connectivity index (χ0) is 8.97. The van der Waals surface area contributed by atoms with Crippen LogP contribution in [0.4, 0.5) is 0 Å². The predicted molar refractivity (Wildman–Crippen MR) is 50.3 cm³/mol. The Kier molecular flexibility index (Phi) is 3.11. The van der Waals surface area contributed by atoms with Crippen LogP contribution < -0.4 is 10.5 Å². The minimum Gasteiger partial charge on any atom is -0.489 e. The molecule has 0 fully saturated rings. The summed E-state index contributed by atoms with van der Waals surface area (Å²) in [6.07, 6.45) is 0.0905. The first-order chi connectivity index (χ1) is 5.72. The van der Waals surface area contributed by atoms with Gasteiger partial charge in [-0.3, -0.25) is 0 Å². The summed E-state index contributed by atoms with van der Waals surface area (Å²) in [7, 11) is 0. The van der Waals surface area contributed by atoms with Crippen LogP contribution in [0.2, 0.25) is 0 Å². The molecule has 0 bridgehead atoms. The Hall–Kier alpha value is -1.02. The Morgan fingerprint density at radius 3 is 2.42 bits per heavy atom. The minimum atomic E-state index is 0.0905. The molecular weight excluding hydrogens is 150 g/mol. The lowest BCUT2D eigenvalue weighted by atomic mass is 10.2. The maximum atomic E-state index is 5.49. The molecule has 0 unspecified atom stereocenters. The van der Waals surface area contributed by atoms with Gasteiger partial charge < -0.3 is 10.5 Å². The first-order valence-corrected chi connectivity index (χ1v) is 4.16. The molecule has 0 saturated carbocycles. The molecule has 1 rings (SSSR count). The lowest BCUT2D eigenvalue weighted by Crippen LogP contribution is -2.22. The number of hydrogen-bond acceptors (Lipinski definition) is 2. The van der Waals surface area contributed by atoms with Gasteiger partial charge in [0.05, 0.1) is 0 Å². The van der Waals surface area contributed by atoms with Crippen molar-refractivity contribution in [2.24, 2.45) is 5.73 Å². The standard InChI is InChI=1S/C10H15NO/c1-8-3-5-10(6-4-8)12-9(2)7-11/h3-6,9H,7,11H2,1-2H3/t9-/m0/s1. The van der Waals surface area contributed by atoms with E-state index in [9.17, 15) is 0 Å². The molecule has 0 radical (unpaired) electrons. The van der Waals surface area contributed by atoms with Gasteiger partial charge in [-0.2, -0.15) is 0 Å². The number of hydrogen-bond donors (Lipinski definition) is 1. The maximum absolute atomic E-state index is 5.49. The summed E-state index contributed by atoms with van der Waals surface area (Å²) in [5, 5.41) is 0. The zero-order valence-electron chi connectivity index (χ0n) is 7.58. The van der Waals surface area contributed by atoms with Gasteiger partial charge in [0, 0.05) is 6.54 Å².